The van der Waals surface area contributed by atoms with Gasteiger partial charge in [0, 0.05) is 23.7 Å². The van der Waals surface area contributed by atoms with Crippen LogP contribution < -0.4 is 5.32 Å². The van der Waals surface area contributed by atoms with Crippen molar-refractivity contribution in [1.82, 2.24) is 5.32 Å². The number of hydrogen-bond acceptors (Lipinski definition) is 2. The molecule has 0 aliphatic rings. The molecule has 1 rings (SSSR count). The van der Waals surface area contributed by atoms with E-state index in [2.05, 4.69) is 32.2 Å². The van der Waals surface area contributed by atoms with Gasteiger partial charge in [-0.15, -0.1) is 0 Å². The number of nitrogens with one attached hydrogen (secondary N) is 1. The molecule has 0 radical (unpaired) electrons. The van der Waals surface area contributed by atoms with E-state index >= 15 is 0 Å². The molecule has 1 unspecified atom stereocenters. The van der Waals surface area contributed by atoms with Crippen LogP contribution in [0.4, 0.5) is 0 Å². The predicted octanol–water partition coefficient (Wildman–Crippen LogP) is 3.92. The van der Waals surface area contributed by atoms with Crippen LogP contribution in [0.25, 0.3) is 0 Å². The van der Waals surface area contributed by atoms with Crippen molar-refractivity contribution in [2.24, 2.45) is 5.92 Å². The fourth-order valence-electron chi connectivity index (χ4n) is 1.90. The quantitative estimate of drug-likeness (QED) is 0.819. The first-order valence-electron chi connectivity index (χ1n) is 6.98. The molecule has 0 spiro atoms. The Bertz CT molecular complexity index is 373. The van der Waals surface area contributed by atoms with Gasteiger partial charge in [-0.05, 0) is 51.7 Å². The van der Waals surface area contributed by atoms with Crippen molar-refractivity contribution >= 4 is 11.6 Å². The highest BCUT2D eigenvalue weighted by Crippen LogP contribution is 2.19. The highest BCUT2D eigenvalue weighted by atomic mass is 35.5. The van der Waals surface area contributed by atoms with E-state index in [-0.39, 0.29) is 5.54 Å². The van der Waals surface area contributed by atoms with Gasteiger partial charge in [0.25, 0.3) is 0 Å². The Hall–Kier alpha value is -0.570. The van der Waals surface area contributed by atoms with E-state index in [9.17, 15) is 0 Å². The van der Waals surface area contributed by atoms with Crippen LogP contribution in [0.5, 0.6) is 0 Å². The molecule has 0 aliphatic heterocycles. The molecule has 0 saturated heterocycles. The van der Waals surface area contributed by atoms with E-state index in [1.807, 2.05) is 25.1 Å². The number of rotatable bonds is 7. The Morgan fingerprint density at radius 3 is 2.53 bits per heavy atom. The summed E-state index contributed by atoms with van der Waals surface area (Å²) in [6.07, 6.45) is 0.947. The normalized spacial score (nSPS) is 13.5. The van der Waals surface area contributed by atoms with Crippen LogP contribution in [-0.4, -0.2) is 25.3 Å². The lowest BCUT2D eigenvalue weighted by Gasteiger charge is -2.25. The second-order valence-corrected chi connectivity index (χ2v) is 6.36. The number of halogens is 1. The summed E-state index contributed by atoms with van der Waals surface area (Å²) in [5.74, 6) is 0.444. The first kappa shape index (κ1) is 16.5. The molecule has 3 heteroatoms. The Labute approximate surface area is 122 Å². The highest BCUT2D eigenvalue weighted by Gasteiger charge is 2.16. The molecule has 0 fully saturated rings. The average Bonchev–Trinajstić information content (AvgIpc) is 2.34. The van der Waals surface area contributed by atoms with Gasteiger partial charge >= 0.3 is 0 Å². The van der Waals surface area contributed by atoms with Gasteiger partial charge in [0.2, 0.25) is 0 Å². The predicted molar refractivity (Wildman–Crippen MR) is 82.9 cm³/mol. The summed E-state index contributed by atoms with van der Waals surface area (Å²) < 4.78 is 5.59. The summed E-state index contributed by atoms with van der Waals surface area (Å²) in [6, 6.07) is 8.05. The van der Waals surface area contributed by atoms with E-state index < -0.39 is 0 Å². The van der Waals surface area contributed by atoms with E-state index in [0.29, 0.717) is 5.92 Å². The molecular weight excluding hydrogens is 258 g/mol. The minimum absolute atomic E-state index is 0.130. The minimum Gasteiger partial charge on any atom is -0.381 e. The van der Waals surface area contributed by atoms with Crippen LogP contribution in [-0.2, 0) is 11.2 Å². The van der Waals surface area contributed by atoms with Gasteiger partial charge in [0.15, 0.2) is 0 Å². The Morgan fingerprint density at radius 2 is 1.95 bits per heavy atom. The topological polar surface area (TPSA) is 21.3 Å². The third-order valence-corrected chi connectivity index (χ3v) is 3.31. The molecule has 0 bridgehead atoms. The van der Waals surface area contributed by atoms with Crippen molar-refractivity contribution in [2.75, 3.05) is 19.8 Å². The summed E-state index contributed by atoms with van der Waals surface area (Å²) in [7, 11) is 0. The molecule has 0 saturated carbocycles. The lowest BCUT2D eigenvalue weighted by molar-refractivity contribution is 0.107. The molecule has 1 N–H and O–H groups in total. The molecule has 1 aromatic rings. The maximum Gasteiger partial charge on any atom is 0.0509 e. The largest absolute Gasteiger partial charge is 0.381 e. The zero-order chi connectivity index (χ0) is 14.3. The van der Waals surface area contributed by atoms with Gasteiger partial charge in [-0.25, -0.2) is 0 Å². The molecule has 19 heavy (non-hydrogen) atoms. The maximum atomic E-state index is 6.23. The van der Waals surface area contributed by atoms with Gasteiger partial charge < -0.3 is 10.1 Å². The second kappa shape index (κ2) is 7.88. The van der Waals surface area contributed by atoms with E-state index in [4.69, 9.17) is 16.3 Å². The molecular formula is C16H26ClNO. The summed E-state index contributed by atoms with van der Waals surface area (Å²) in [4.78, 5) is 0. The first-order valence-corrected chi connectivity index (χ1v) is 7.36. The molecule has 0 heterocycles. The van der Waals surface area contributed by atoms with E-state index in [1.165, 1.54) is 5.56 Å². The minimum atomic E-state index is 0.130. The van der Waals surface area contributed by atoms with Gasteiger partial charge in [0.1, 0.15) is 0 Å². The number of ether oxygens (including phenoxy) is 1. The molecule has 108 valence electrons. The third-order valence-electron chi connectivity index (χ3n) is 2.95. The monoisotopic (exact) mass is 283 g/mol. The van der Waals surface area contributed by atoms with Crippen LogP contribution in [0.1, 0.15) is 33.3 Å². The fraction of sp³-hybridized carbons (Fsp3) is 0.625. The molecule has 1 atom stereocenters. The van der Waals surface area contributed by atoms with Crippen molar-refractivity contribution in [2.45, 2.75) is 39.7 Å². The summed E-state index contributed by atoms with van der Waals surface area (Å²) in [6.45, 7) is 11.0. The van der Waals surface area contributed by atoms with E-state index in [0.717, 1.165) is 31.2 Å². The van der Waals surface area contributed by atoms with Gasteiger partial charge in [0.05, 0.1) is 6.61 Å². The van der Waals surface area contributed by atoms with Crippen molar-refractivity contribution in [3.8, 4) is 0 Å². The molecule has 1 aromatic carbocycles. The lowest BCUT2D eigenvalue weighted by atomic mass is 9.98. The molecule has 0 aromatic heterocycles. The molecule has 2 nitrogen and oxygen atoms in total. The summed E-state index contributed by atoms with van der Waals surface area (Å²) in [5, 5.41) is 4.39. The van der Waals surface area contributed by atoms with E-state index in [1.54, 1.807) is 0 Å². The zero-order valence-electron chi connectivity index (χ0n) is 12.5. The van der Waals surface area contributed by atoms with Crippen LogP contribution in [0.15, 0.2) is 24.3 Å². The smallest absolute Gasteiger partial charge is 0.0509 e. The Kier molecular flexibility index (Phi) is 6.84. The summed E-state index contributed by atoms with van der Waals surface area (Å²) >= 11 is 6.23. The van der Waals surface area contributed by atoms with Crippen molar-refractivity contribution in [1.29, 1.82) is 0 Å². The van der Waals surface area contributed by atoms with Crippen molar-refractivity contribution in [3.05, 3.63) is 34.9 Å². The highest BCUT2D eigenvalue weighted by molar-refractivity contribution is 6.31. The van der Waals surface area contributed by atoms with Gasteiger partial charge in [-0.1, -0.05) is 29.8 Å². The second-order valence-electron chi connectivity index (χ2n) is 5.95. The van der Waals surface area contributed by atoms with Gasteiger partial charge in [-0.3, -0.25) is 0 Å². The van der Waals surface area contributed by atoms with Crippen molar-refractivity contribution in [3.63, 3.8) is 0 Å². The number of hydrogen-bond donors (Lipinski definition) is 1. The fourth-order valence-corrected chi connectivity index (χ4v) is 2.11. The molecule has 0 aliphatic carbocycles. The van der Waals surface area contributed by atoms with Crippen molar-refractivity contribution < 1.29 is 4.74 Å². The van der Waals surface area contributed by atoms with Crippen LogP contribution >= 0.6 is 11.6 Å². The van der Waals surface area contributed by atoms with Gasteiger partial charge in [-0.2, -0.15) is 0 Å². The van der Waals surface area contributed by atoms with Crippen LogP contribution in [0, 0.1) is 5.92 Å². The van der Waals surface area contributed by atoms with Crippen LogP contribution in [0.2, 0.25) is 5.02 Å². The lowest BCUT2D eigenvalue weighted by Crippen LogP contribution is -2.40. The summed E-state index contributed by atoms with van der Waals surface area (Å²) in [5.41, 5.74) is 1.33. The Morgan fingerprint density at radius 1 is 1.26 bits per heavy atom. The first-order chi connectivity index (χ1) is 8.92. The third kappa shape index (κ3) is 6.95. The standard InChI is InChI=1S/C16H26ClNO/c1-5-19-12-13(11-18-16(2,3)4)10-14-8-6-7-9-15(14)17/h6-9,13,18H,5,10-12H2,1-4H3. The average molecular weight is 284 g/mol. The van der Waals surface area contributed by atoms with Crippen LogP contribution in [0.3, 0.4) is 0 Å². The maximum absolute atomic E-state index is 6.23. The Balaban J connectivity index is 2.61. The molecule has 0 amide bonds. The SMILES string of the molecule is CCOCC(CNC(C)(C)C)Cc1ccccc1Cl. The number of benzene rings is 1. The zero-order valence-corrected chi connectivity index (χ0v) is 13.3.